The van der Waals surface area contributed by atoms with Crippen LogP contribution in [-0.4, -0.2) is 30.1 Å². The molecule has 2 rings (SSSR count). The third kappa shape index (κ3) is 4.73. The van der Waals surface area contributed by atoms with Crippen molar-refractivity contribution in [1.82, 2.24) is 4.90 Å². The molecule has 1 heterocycles. The largest absolute Gasteiger partial charge is 0.445 e. The van der Waals surface area contributed by atoms with E-state index in [1.165, 1.54) is 0 Å². The van der Waals surface area contributed by atoms with Crippen LogP contribution in [0.1, 0.15) is 18.9 Å². The molecule has 0 radical (unpaired) electrons. The Morgan fingerprint density at radius 2 is 2.05 bits per heavy atom. The third-order valence-corrected chi connectivity index (χ3v) is 3.16. The minimum atomic E-state index is -0.263. The van der Waals surface area contributed by atoms with Crippen molar-refractivity contribution < 1.29 is 9.53 Å². The molecule has 2 N–H and O–H groups in total. The molecule has 1 amide bonds. The molecule has 4 nitrogen and oxygen atoms in total. The number of amides is 1. The van der Waals surface area contributed by atoms with Crippen LogP contribution >= 0.6 is 12.4 Å². The van der Waals surface area contributed by atoms with Gasteiger partial charge in [0.05, 0.1) is 0 Å². The second kappa shape index (κ2) is 7.36. The fraction of sp³-hybridized carbons (Fsp3) is 0.500. The summed E-state index contributed by atoms with van der Waals surface area (Å²) >= 11 is 0. The van der Waals surface area contributed by atoms with Gasteiger partial charge in [-0.2, -0.15) is 0 Å². The Morgan fingerprint density at radius 3 is 2.68 bits per heavy atom. The topological polar surface area (TPSA) is 55.6 Å². The van der Waals surface area contributed by atoms with E-state index in [0.717, 1.165) is 18.5 Å². The van der Waals surface area contributed by atoms with Crippen molar-refractivity contribution in [2.45, 2.75) is 26.0 Å². The number of nitrogens with two attached hydrogens (primary N) is 1. The molecule has 19 heavy (non-hydrogen) atoms. The van der Waals surface area contributed by atoms with Gasteiger partial charge >= 0.3 is 6.09 Å². The predicted molar refractivity (Wildman–Crippen MR) is 77.2 cm³/mol. The Morgan fingerprint density at radius 1 is 1.37 bits per heavy atom. The summed E-state index contributed by atoms with van der Waals surface area (Å²) in [5.41, 5.74) is 6.91. The van der Waals surface area contributed by atoms with E-state index in [2.05, 4.69) is 6.92 Å². The van der Waals surface area contributed by atoms with Gasteiger partial charge in [-0.25, -0.2) is 4.79 Å². The molecule has 1 aliphatic heterocycles. The average Bonchev–Trinajstić information content (AvgIpc) is 2.36. The fourth-order valence-electron chi connectivity index (χ4n) is 2.36. The first-order valence-electron chi connectivity index (χ1n) is 6.36. The summed E-state index contributed by atoms with van der Waals surface area (Å²) in [5, 5.41) is 0. The van der Waals surface area contributed by atoms with Gasteiger partial charge in [-0.05, 0) is 17.9 Å². The van der Waals surface area contributed by atoms with Crippen LogP contribution in [0.5, 0.6) is 0 Å². The summed E-state index contributed by atoms with van der Waals surface area (Å²) < 4.78 is 5.30. The fourth-order valence-corrected chi connectivity index (χ4v) is 2.36. The first-order valence-corrected chi connectivity index (χ1v) is 6.36. The quantitative estimate of drug-likeness (QED) is 0.907. The van der Waals surface area contributed by atoms with Crippen molar-refractivity contribution in [2.24, 2.45) is 11.7 Å². The zero-order chi connectivity index (χ0) is 13.0. The van der Waals surface area contributed by atoms with Gasteiger partial charge in [0.25, 0.3) is 0 Å². The van der Waals surface area contributed by atoms with Crippen molar-refractivity contribution in [3.63, 3.8) is 0 Å². The molecule has 106 valence electrons. The molecule has 0 spiro atoms. The SMILES string of the molecule is C[C@@H]1C[C@@H](N)CN(C(=O)OCc2ccccc2)C1.Cl. The van der Waals surface area contributed by atoms with Crippen LogP contribution < -0.4 is 5.73 Å². The van der Waals surface area contributed by atoms with E-state index in [0.29, 0.717) is 19.1 Å². The summed E-state index contributed by atoms with van der Waals surface area (Å²) in [7, 11) is 0. The Hall–Kier alpha value is -1.26. The van der Waals surface area contributed by atoms with Crippen LogP contribution in [0.2, 0.25) is 0 Å². The maximum absolute atomic E-state index is 11.9. The van der Waals surface area contributed by atoms with E-state index in [9.17, 15) is 4.79 Å². The molecule has 0 aromatic heterocycles. The highest BCUT2D eigenvalue weighted by Crippen LogP contribution is 2.16. The number of carbonyl (C=O) groups excluding carboxylic acids is 1. The highest BCUT2D eigenvalue weighted by atomic mass is 35.5. The van der Waals surface area contributed by atoms with Crippen molar-refractivity contribution in [1.29, 1.82) is 0 Å². The number of carbonyl (C=O) groups is 1. The minimum Gasteiger partial charge on any atom is -0.445 e. The lowest BCUT2D eigenvalue weighted by atomic mass is 9.97. The van der Waals surface area contributed by atoms with Gasteiger partial charge < -0.3 is 15.4 Å². The summed E-state index contributed by atoms with van der Waals surface area (Å²) in [4.78, 5) is 13.6. The highest BCUT2D eigenvalue weighted by Gasteiger charge is 2.26. The van der Waals surface area contributed by atoms with E-state index in [1.807, 2.05) is 30.3 Å². The number of ether oxygens (including phenoxy) is 1. The van der Waals surface area contributed by atoms with Crippen LogP contribution in [0, 0.1) is 5.92 Å². The highest BCUT2D eigenvalue weighted by molar-refractivity contribution is 5.85. The van der Waals surface area contributed by atoms with Crippen LogP contribution in [-0.2, 0) is 11.3 Å². The zero-order valence-electron chi connectivity index (χ0n) is 11.1. The van der Waals surface area contributed by atoms with Crippen molar-refractivity contribution >= 4 is 18.5 Å². The van der Waals surface area contributed by atoms with Gasteiger partial charge in [-0.15, -0.1) is 12.4 Å². The summed E-state index contributed by atoms with van der Waals surface area (Å²) in [6, 6.07) is 9.76. The second-order valence-electron chi connectivity index (χ2n) is 5.05. The Kier molecular flexibility index (Phi) is 6.12. The Bertz CT molecular complexity index is 390. The molecular weight excluding hydrogens is 264 g/mol. The lowest BCUT2D eigenvalue weighted by Crippen LogP contribution is -2.48. The zero-order valence-corrected chi connectivity index (χ0v) is 11.9. The predicted octanol–water partition coefficient (Wildman–Crippen LogP) is 2.41. The first-order chi connectivity index (χ1) is 8.65. The molecule has 1 saturated heterocycles. The lowest BCUT2D eigenvalue weighted by molar-refractivity contribution is 0.0767. The molecule has 1 aromatic rings. The van der Waals surface area contributed by atoms with Crippen LogP contribution in [0.4, 0.5) is 4.79 Å². The normalized spacial score (nSPS) is 22.5. The number of piperidine rings is 1. The van der Waals surface area contributed by atoms with Gasteiger partial charge in [0.2, 0.25) is 0 Å². The van der Waals surface area contributed by atoms with E-state index in [1.54, 1.807) is 4.90 Å². The van der Waals surface area contributed by atoms with E-state index >= 15 is 0 Å². The summed E-state index contributed by atoms with van der Waals surface area (Å²) in [6.45, 7) is 3.76. The van der Waals surface area contributed by atoms with Gasteiger partial charge in [0.15, 0.2) is 0 Å². The molecule has 0 aliphatic carbocycles. The molecule has 2 atom stereocenters. The average molecular weight is 285 g/mol. The number of nitrogens with zero attached hydrogens (tertiary/aromatic N) is 1. The third-order valence-electron chi connectivity index (χ3n) is 3.16. The molecule has 1 fully saturated rings. The van der Waals surface area contributed by atoms with Gasteiger partial charge in [-0.1, -0.05) is 37.3 Å². The standard InChI is InChI=1S/C14H20N2O2.ClH/c1-11-7-13(15)9-16(8-11)14(17)18-10-12-5-3-2-4-6-12;/h2-6,11,13H,7-10,15H2,1H3;1H/t11-,13-;/m1./s1. The molecule has 1 aliphatic rings. The summed E-state index contributed by atoms with van der Waals surface area (Å²) in [5.74, 6) is 0.443. The number of halogens is 1. The lowest BCUT2D eigenvalue weighted by Gasteiger charge is -2.33. The molecule has 0 saturated carbocycles. The maximum atomic E-state index is 11.9. The minimum absolute atomic E-state index is 0. The van der Waals surface area contributed by atoms with Crippen LogP contribution in [0.15, 0.2) is 30.3 Å². The van der Waals surface area contributed by atoms with Crippen molar-refractivity contribution in [2.75, 3.05) is 13.1 Å². The van der Waals surface area contributed by atoms with E-state index < -0.39 is 0 Å². The molecular formula is C14H21ClN2O2. The molecule has 0 bridgehead atoms. The van der Waals surface area contributed by atoms with E-state index in [-0.39, 0.29) is 24.5 Å². The van der Waals surface area contributed by atoms with Crippen molar-refractivity contribution in [3.8, 4) is 0 Å². The molecule has 5 heteroatoms. The van der Waals surface area contributed by atoms with Crippen LogP contribution in [0.25, 0.3) is 0 Å². The van der Waals surface area contributed by atoms with Gasteiger partial charge in [0, 0.05) is 19.1 Å². The number of benzene rings is 1. The number of rotatable bonds is 2. The number of likely N-dealkylation sites (tertiary alicyclic amines) is 1. The van der Waals surface area contributed by atoms with Gasteiger partial charge in [0.1, 0.15) is 6.61 Å². The molecule has 0 unspecified atom stereocenters. The van der Waals surface area contributed by atoms with Gasteiger partial charge in [-0.3, -0.25) is 0 Å². The van der Waals surface area contributed by atoms with Crippen molar-refractivity contribution in [3.05, 3.63) is 35.9 Å². The summed E-state index contributed by atoms with van der Waals surface area (Å²) in [6.07, 6.45) is 0.712. The second-order valence-corrected chi connectivity index (χ2v) is 5.05. The number of hydrogen-bond donors (Lipinski definition) is 1. The monoisotopic (exact) mass is 284 g/mol. The Balaban J connectivity index is 0.00000180. The maximum Gasteiger partial charge on any atom is 0.410 e. The first kappa shape index (κ1) is 15.8. The smallest absolute Gasteiger partial charge is 0.410 e. The van der Waals surface area contributed by atoms with E-state index in [4.69, 9.17) is 10.5 Å². The molecule has 1 aromatic carbocycles. The Labute approximate surface area is 120 Å². The van der Waals surface area contributed by atoms with Crippen LogP contribution in [0.3, 0.4) is 0 Å². The number of hydrogen-bond acceptors (Lipinski definition) is 3.